The van der Waals surface area contributed by atoms with Crippen molar-refractivity contribution >= 4 is 28.9 Å². The van der Waals surface area contributed by atoms with Crippen LogP contribution in [0.3, 0.4) is 0 Å². The summed E-state index contributed by atoms with van der Waals surface area (Å²) in [6, 6.07) is 11.8. The Kier molecular flexibility index (Phi) is 6.88. The molecule has 0 aliphatic carbocycles. The number of aliphatic hydroxyl groups excluding tert-OH is 1. The average Bonchev–Trinajstić information content (AvgIpc) is 2.65. The van der Waals surface area contributed by atoms with Crippen molar-refractivity contribution in [2.75, 3.05) is 44.2 Å². The standard InChI is InChI=1S/C21H26Cl2N2O2/c1-15-10-20(11-16(2)21(15)23)27-14-19(26)13-24-6-8-25(9-7-24)18-5-3-4-17(22)12-18/h3-5,10-12,19,26H,6-9,13-14H2,1-2H3/t19-/m0/s1. The van der Waals surface area contributed by atoms with Gasteiger partial charge < -0.3 is 14.7 Å². The number of benzene rings is 2. The maximum absolute atomic E-state index is 10.4. The highest BCUT2D eigenvalue weighted by atomic mass is 35.5. The molecule has 146 valence electrons. The first-order chi connectivity index (χ1) is 12.9. The molecule has 2 aromatic rings. The van der Waals surface area contributed by atoms with Crippen LogP contribution in [0.2, 0.25) is 10.0 Å². The monoisotopic (exact) mass is 408 g/mol. The van der Waals surface area contributed by atoms with Crippen LogP contribution in [-0.4, -0.2) is 55.4 Å². The highest BCUT2D eigenvalue weighted by molar-refractivity contribution is 6.32. The van der Waals surface area contributed by atoms with Crippen LogP contribution in [0.25, 0.3) is 0 Å². The van der Waals surface area contributed by atoms with Crippen molar-refractivity contribution < 1.29 is 9.84 Å². The first-order valence-electron chi connectivity index (χ1n) is 9.23. The molecule has 0 aromatic heterocycles. The van der Waals surface area contributed by atoms with Gasteiger partial charge in [0, 0.05) is 48.5 Å². The molecule has 1 aliphatic rings. The van der Waals surface area contributed by atoms with Gasteiger partial charge in [-0.25, -0.2) is 0 Å². The molecule has 0 saturated carbocycles. The van der Waals surface area contributed by atoms with Gasteiger partial charge in [-0.2, -0.15) is 0 Å². The van der Waals surface area contributed by atoms with E-state index in [1.165, 1.54) is 0 Å². The molecule has 1 fully saturated rings. The number of ether oxygens (including phenoxy) is 1. The molecule has 4 nitrogen and oxygen atoms in total. The zero-order chi connectivity index (χ0) is 19.4. The molecule has 0 bridgehead atoms. The number of aliphatic hydroxyl groups is 1. The highest BCUT2D eigenvalue weighted by Gasteiger charge is 2.20. The molecule has 0 amide bonds. The summed E-state index contributed by atoms with van der Waals surface area (Å²) in [6.07, 6.45) is -0.529. The quantitative estimate of drug-likeness (QED) is 0.777. The molecule has 6 heteroatoms. The maximum Gasteiger partial charge on any atom is 0.120 e. The Morgan fingerprint density at radius 1 is 1.04 bits per heavy atom. The number of piperazine rings is 1. The predicted molar refractivity (Wildman–Crippen MR) is 113 cm³/mol. The Hall–Kier alpha value is -1.46. The minimum atomic E-state index is -0.529. The van der Waals surface area contributed by atoms with E-state index in [-0.39, 0.29) is 6.61 Å². The molecule has 1 aliphatic heterocycles. The summed E-state index contributed by atoms with van der Waals surface area (Å²) in [6.45, 7) is 8.44. The fourth-order valence-electron chi connectivity index (χ4n) is 3.39. The SMILES string of the molecule is Cc1cc(OC[C@@H](O)CN2CCN(c3cccc(Cl)c3)CC2)cc(C)c1Cl. The fourth-order valence-corrected chi connectivity index (χ4v) is 3.69. The number of rotatable bonds is 6. The Balaban J connectivity index is 1.45. The third kappa shape index (κ3) is 5.52. The van der Waals surface area contributed by atoms with Crippen molar-refractivity contribution in [1.29, 1.82) is 0 Å². The number of hydrogen-bond acceptors (Lipinski definition) is 4. The summed E-state index contributed by atoms with van der Waals surface area (Å²) in [7, 11) is 0. The zero-order valence-electron chi connectivity index (χ0n) is 15.8. The van der Waals surface area contributed by atoms with E-state index in [1.54, 1.807) is 0 Å². The van der Waals surface area contributed by atoms with Crippen LogP contribution in [-0.2, 0) is 0 Å². The van der Waals surface area contributed by atoms with Crippen LogP contribution in [0.5, 0.6) is 5.75 Å². The molecule has 1 heterocycles. The van der Waals surface area contributed by atoms with Gasteiger partial charge in [0.2, 0.25) is 0 Å². The van der Waals surface area contributed by atoms with Gasteiger partial charge in [-0.1, -0.05) is 29.3 Å². The van der Waals surface area contributed by atoms with E-state index in [4.69, 9.17) is 27.9 Å². The lowest BCUT2D eigenvalue weighted by Gasteiger charge is -2.36. The minimum Gasteiger partial charge on any atom is -0.491 e. The van der Waals surface area contributed by atoms with Gasteiger partial charge in [0.25, 0.3) is 0 Å². The third-order valence-corrected chi connectivity index (χ3v) is 5.70. The molecule has 27 heavy (non-hydrogen) atoms. The normalized spacial score (nSPS) is 16.4. The first-order valence-corrected chi connectivity index (χ1v) is 9.98. The Labute approximate surface area is 171 Å². The van der Waals surface area contributed by atoms with E-state index in [9.17, 15) is 5.11 Å². The Morgan fingerprint density at radius 2 is 1.70 bits per heavy atom. The van der Waals surface area contributed by atoms with Gasteiger partial charge >= 0.3 is 0 Å². The first kappa shape index (κ1) is 20.3. The Morgan fingerprint density at radius 3 is 2.33 bits per heavy atom. The summed E-state index contributed by atoms with van der Waals surface area (Å²) in [5.74, 6) is 0.749. The molecule has 3 rings (SSSR count). The van der Waals surface area contributed by atoms with Crippen molar-refractivity contribution in [2.45, 2.75) is 20.0 Å². The van der Waals surface area contributed by atoms with Crippen LogP contribution < -0.4 is 9.64 Å². The van der Waals surface area contributed by atoms with Crippen LogP contribution in [0.1, 0.15) is 11.1 Å². The van der Waals surface area contributed by atoms with E-state index in [0.29, 0.717) is 6.54 Å². The molecule has 2 aromatic carbocycles. The summed E-state index contributed by atoms with van der Waals surface area (Å²) in [5, 5.41) is 11.9. The van der Waals surface area contributed by atoms with Crippen molar-refractivity contribution in [3.05, 3.63) is 57.6 Å². The minimum absolute atomic E-state index is 0.273. The van der Waals surface area contributed by atoms with E-state index >= 15 is 0 Å². The number of hydrogen-bond donors (Lipinski definition) is 1. The second-order valence-electron chi connectivity index (χ2n) is 7.10. The van der Waals surface area contributed by atoms with E-state index in [0.717, 1.165) is 58.8 Å². The maximum atomic E-state index is 10.4. The molecule has 0 radical (unpaired) electrons. The molecule has 0 spiro atoms. The number of aryl methyl sites for hydroxylation is 2. The highest BCUT2D eigenvalue weighted by Crippen LogP contribution is 2.26. The third-order valence-electron chi connectivity index (χ3n) is 4.87. The van der Waals surface area contributed by atoms with Crippen molar-refractivity contribution in [3.63, 3.8) is 0 Å². The molecular formula is C21H26Cl2N2O2. The topological polar surface area (TPSA) is 35.9 Å². The van der Waals surface area contributed by atoms with Gasteiger partial charge in [-0.3, -0.25) is 4.90 Å². The molecule has 1 atom stereocenters. The summed E-state index contributed by atoms with van der Waals surface area (Å²) in [4.78, 5) is 4.60. The van der Waals surface area contributed by atoms with Crippen LogP contribution in [0, 0.1) is 13.8 Å². The lowest BCUT2D eigenvalue weighted by atomic mass is 10.1. The predicted octanol–water partition coefficient (Wildman–Crippen LogP) is 4.17. The summed E-state index contributed by atoms with van der Waals surface area (Å²) < 4.78 is 5.77. The number of β-amino-alcohol motifs (C(OH)–C–C–N with tert-alkyl or cyclic N) is 1. The second kappa shape index (κ2) is 9.16. The largest absolute Gasteiger partial charge is 0.491 e. The number of nitrogens with zero attached hydrogens (tertiary/aromatic N) is 2. The van der Waals surface area contributed by atoms with E-state index in [2.05, 4.69) is 15.9 Å². The fraction of sp³-hybridized carbons (Fsp3) is 0.429. The van der Waals surface area contributed by atoms with Crippen LogP contribution in [0.4, 0.5) is 5.69 Å². The van der Waals surface area contributed by atoms with E-state index in [1.807, 2.05) is 44.2 Å². The molecule has 0 unspecified atom stereocenters. The molecular weight excluding hydrogens is 383 g/mol. The van der Waals surface area contributed by atoms with Crippen LogP contribution >= 0.6 is 23.2 Å². The molecule has 1 saturated heterocycles. The van der Waals surface area contributed by atoms with Gasteiger partial charge in [-0.05, 0) is 55.3 Å². The number of anilines is 1. The summed E-state index contributed by atoms with van der Waals surface area (Å²) >= 11 is 12.3. The van der Waals surface area contributed by atoms with E-state index < -0.39 is 6.10 Å². The van der Waals surface area contributed by atoms with Gasteiger partial charge in [0.1, 0.15) is 18.5 Å². The van der Waals surface area contributed by atoms with Crippen molar-refractivity contribution in [2.24, 2.45) is 0 Å². The van der Waals surface area contributed by atoms with Gasteiger partial charge in [-0.15, -0.1) is 0 Å². The summed E-state index contributed by atoms with van der Waals surface area (Å²) in [5.41, 5.74) is 3.12. The lowest BCUT2D eigenvalue weighted by Crippen LogP contribution is -2.49. The lowest BCUT2D eigenvalue weighted by molar-refractivity contribution is 0.0663. The van der Waals surface area contributed by atoms with Crippen LogP contribution in [0.15, 0.2) is 36.4 Å². The zero-order valence-corrected chi connectivity index (χ0v) is 17.3. The smallest absolute Gasteiger partial charge is 0.120 e. The van der Waals surface area contributed by atoms with Gasteiger partial charge in [0.15, 0.2) is 0 Å². The molecule has 1 N–H and O–H groups in total. The van der Waals surface area contributed by atoms with Crippen molar-refractivity contribution in [3.8, 4) is 5.75 Å². The number of halogens is 2. The van der Waals surface area contributed by atoms with Crippen molar-refractivity contribution in [1.82, 2.24) is 4.90 Å². The average molecular weight is 409 g/mol. The van der Waals surface area contributed by atoms with Gasteiger partial charge in [0.05, 0.1) is 0 Å². The second-order valence-corrected chi connectivity index (χ2v) is 7.92. The Bertz CT molecular complexity index is 754.